The Balaban J connectivity index is 1.78. The van der Waals surface area contributed by atoms with Gasteiger partial charge in [0.05, 0.1) is 0 Å². The van der Waals surface area contributed by atoms with Crippen molar-refractivity contribution < 1.29 is 9.59 Å². The molecule has 0 radical (unpaired) electrons. The van der Waals surface area contributed by atoms with E-state index >= 15 is 0 Å². The lowest BCUT2D eigenvalue weighted by atomic mass is 9.81. The molecule has 0 bridgehead atoms. The largest absolute Gasteiger partial charge is 0.343 e. The smallest absolute Gasteiger partial charge is 0.245 e. The fourth-order valence-electron chi connectivity index (χ4n) is 3.59. The van der Waals surface area contributed by atoms with Gasteiger partial charge in [0.1, 0.15) is 12.1 Å². The van der Waals surface area contributed by atoms with Gasteiger partial charge in [0.2, 0.25) is 11.8 Å². The Morgan fingerprint density at radius 2 is 1.79 bits per heavy atom. The summed E-state index contributed by atoms with van der Waals surface area (Å²) >= 11 is 0. The zero-order valence-electron chi connectivity index (χ0n) is 11.7. The predicted octanol–water partition coefficient (Wildman–Crippen LogP) is 1.69. The Labute approximate surface area is 114 Å². The lowest BCUT2D eigenvalue weighted by Gasteiger charge is -2.43. The molecule has 3 aliphatic rings. The molecule has 0 aromatic rings. The second-order valence-electron chi connectivity index (χ2n) is 6.51. The number of nitrogens with one attached hydrogen (secondary N) is 1. The van der Waals surface area contributed by atoms with Gasteiger partial charge in [0, 0.05) is 6.54 Å². The molecule has 4 nitrogen and oxygen atoms in total. The Morgan fingerprint density at radius 3 is 2.42 bits per heavy atom. The maximum Gasteiger partial charge on any atom is 0.245 e. The number of hydrogen-bond donors (Lipinski definition) is 1. The minimum absolute atomic E-state index is 0.0830. The molecule has 106 valence electrons. The van der Waals surface area contributed by atoms with Crippen LogP contribution in [0, 0.1) is 11.8 Å². The van der Waals surface area contributed by atoms with Crippen LogP contribution in [0.4, 0.5) is 0 Å². The Morgan fingerprint density at radius 1 is 1.11 bits per heavy atom. The number of piperazine rings is 1. The molecule has 2 amide bonds. The summed E-state index contributed by atoms with van der Waals surface area (Å²) in [6.07, 6.45) is 8.32. The topological polar surface area (TPSA) is 49.4 Å². The Bertz CT molecular complexity index is 372. The van der Waals surface area contributed by atoms with Gasteiger partial charge in [-0.2, -0.15) is 0 Å². The van der Waals surface area contributed by atoms with Crippen LogP contribution in [-0.4, -0.2) is 35.3 Å². The first kappa shape index (κ1) is 12.9. The quantitative estimate of drug-likeness (QED) is 0.843. The van der Waals surface area contributed by atoms with Crippen molar-refractivity contribution in [2.75, 3.05) is 6.54 Å². The van der Waals surface area contributed by atoms with Gasteiger partial charge in [-0.3, -0.25) is 9.59 Å². The summed E-state index contributed by atoms with van der Waals surface area (Å²) in [5, 5.41) is 2.87. The Hall–Kier alpha value is -1.06. The van der Waals surface area contributed by atoms with E-state index in [2.05, 4.69) is 5.32 Å². The highest BCUT2D eigenvalue weighted by Gasteiger charge is 2.44. The van der Waals surface area contributed by atoms with E-state index in [0.717, 1.165) is 19.4 Å². The molecule has 3 fully saturated rings. The zero-order valence-corrected chi connectivity index (χ0v) is 11.7. The van der Waals surface area contributed by atoms with Gasteiger partial charge in [0.15, 0.2) is 0 Å². The van der Waals surface area contributed by atoms with E-state index in [4.69, 9.17) is 0 Å². The van der Waals surface area contributed by atoms with Crippen molar-refractivity contribution in [3.05, 3.63) is 0 Å². The molecule has 1 heterocycles. The molecule has 2 aliphatic carbocycles. The molecule has 1 N–H and O–H groups in total. The van der Waals surface area contributed by atoms with Crippen LogP contribution in [0.1, 0.15) is 51.9 Å². The lowest BCUT2D eigenvalue weighted by Crippen LogP contribution is -2.65. The maximum absolute atomic E-state index is 12.4. The first-order chi connectivity index (χ1) is 9.16. The Kier molecular flexibility index (Phi) is 3.50. The van der Waals surface area contributed by atoms with Gasteiger partial charge in [-0.1, -0.05) is 19.3 Å². The van der Waals surface area contributed by atoms with Crippen LogP contribution in [0.15, 0.2) is 0 Å². The number of hydrogen-bond acceptors (Lipinski definition) is 2. The van der Waals surface area contributed by atoms with Crippen molar-refractivity contribution in [2.24, 2.45) is 11.8 Å². The third-order valence-electron chi connectivity index (χ3n) is 4.86. The molecule has 19 heavy (non-hydrogen) atoms. The molecule has 0 aromatic heterocycles. The number of rotatable bonds is 3. The molecular formula is C15H24N2O2. The molecule has 0 spiro atoms. The van der Waals surface area contributed by atoms with Gasteiger partial charge in [0.25, 0.3) is 0 Å². The van der Waals surface area contributed by atoms with Crippen molar-refractivity contribution in [1.29, 1.82) is 0 Å². The molecule has 3 rings (SSSR count). The summed E-state index contributed by atoms with van der Waals surface area (Å²) in [7, 11) is 0. The van der Waals surface area contributed by atoms with Crippen LogP contribution in [-0.2, 0) is 9.59 Å². The highest BCUT2D eigenvalue weighted by Crippen LogP contribution is 2.35. The average Bonchev–Trinajstić information content (AvgIpc) is 3.21. The monoisotopic (exact) mass is 264 g/mol. The van der Waals surface area contributed by atoms with Crippen molar-refractivity contribution in [3.63, 3.8) is 0 Å². The summed E-state index contributed by atoms with van der Waals surface area (Å²) in [5.41, 5.74) is 0. The van der Waals surface area contributed by atoms with E-state index in [0.29, 0.717) is 11.8 Å². The van der Waals surface area contributed by atoms with Crippen LogP contribution in [0.2, 0.25) is 0 Å². The highest BCUT2D eigenvalue weighted by atomic mass is 16.2. The third-order valence-corrected chi connectivity index (χ3v) is 4.86. The van der Waals surface area contributed by atoms with Gasteiger partial charge in [-0.25, -0.2) is 0 Å². The van der Waals surface area contributed by atoms with Crippen LogP contribution in [0.3, 0.4) is 0 Å². The second-order valence-corrected chi connectivity index (χ2v) is 6.51. The number of carbonyl (C=O) groups excluding carboxylic acids is 2. The summed E-state index contributed by atoms with van der Waals surface area (Å²) in [4.78, 5) is 26.7. The second kappa shape index (κ2) is 5.14. The highest BCUT2D eigenvalue weighted by molar-refractivity contribution is 5.96. The summed E-state index contributed by atoms with van der Waals surface area (Å²) < 4.78 is 0. The predicted molar refractivity (Wildman–Crippen MR) is 72.4 cm³/mol. The van der Waals surface area contributed by atoms with E-state index in [1.54, 1.807) is 6.92 Å². The van der Waals surface area contributed by atoms with Crippen LogP contribution >= 0.6 is 0 Å². The van der Waals surface area contributed by atoms with E-state index in [9.17, 15) is 9.59 Å². The SMILES string of the molecule is CC1NC(=O)C(C2CCCCC2)N(CC2CC2)C1=O. The minimum Gasteiger partial charge on any atom is -0.343 e. The molecule has 4 heteroatoms. The van der Waals surface area contributed by atoms with Gasteiger partial charge >= 0.3 is 0 Å². The lowest BCUT2D eigenvalue weighted by molar-refractivity contribution is -0.152. The molecule has 1 aliphatic heterocycles. The molecule has 0 aromatic carbocycles. The summed E-state index contributed by atoms with van der Waals surface area (Å²) in [6, 6.07) is -0.532. The van der Waals surface area contributed by atoms with E-state index in [-0.39, 0.29) is 23.9 Å². The number of carbonyl (C=O) groups is 2. The van der Waals surface area contributed by atoms with Crippen LogP contribution in [0.25, 0.3) is 0 Å². The summed E-state index contributed by atoms with van der Waals surface area (Å²) in [5.74, 6) is 1.24. The van der Waals surface area contributed by atoms with Crippen molar-refractivity contribution >= 4 is 11.8 Å². The van der Waals surface area contributed by atoms with Crippen LogP contribution < -0.4 is 5.32 Å². The van der Waals surface area contributed by atoms with E-state index in [1.165, 1.54) is 32.1 Å². The molecule has 2 atom stereocenters. The van der Waals surface area contributed by atoms with Crippen LogP contribution in [0.5, 0.6) is 0 Å². The normalized spacial score (nSPS) is 33.4. The maximum atomic E-state index is 12.4. The van der Waals surface area contributed by atoms with Crippen molar-refractivity contribution in [3.8, 4) is 0 Å². The molecule has 2 unspecified atom stereocenters. The zero-order chi connectivity index (χ0) is 13.4. The van der Waals surface area contributed by atoms with E-state index < -0.39 is 0 Å². The molecule has 2 saturated carbocycles. The fraction of sp³-hybridized carbons (Fsp3) is 0.867. The third kappa shape index (κ3) is 2.63. The average molecular weight is 264 g/mol. The van der Waals surface area contributed by atoms with Crippen molar-refractivity contribution in [2.45, 2.75) is 64.0 Å². The first-order valence-electron chi connectivity index (χ1n) is 7.77. The van der Waals surface area contributed by atoms with Gasteiger partial charge < -0.3 is 10.2 Å². The minimum atomic E-state index is -0.342. The summed E-state index contributed by atoms with van der Waals surface area (Å²) in [6.45, 7) is 2.61. The number of amides is 2. The van der Waals surface area contributed by atoms with Crippen molar-refractivity contribution in [1.82, 2.24) is 10.2 Å². The van der Waals surface area contributed by atoms with E-state index in [1.807, 2.05) is 4.90 Å². The van der Waals surface area contributed by atoms with Gasteiger partial charge in [-0.15, -0.1) is 0 Å². The standard InChI is InChI=1S/C15H24N2O2/c1-10-15(19)17(9-11-7-8-11)13(14(18)16-10)12-5-3-2-4-6-12/h10-13H,2-9H2,1H3,(H,16,18). The van der Waals surface area contributed by atoms with Gasteiger partial charge in [-0.05, 0) is 44.4 Å². The fourth-order valence-corrected chi connectivity index (χ4v) is 3.59. The molecule has 1 saturated heterocycles. The number of nitrogens with zero attached hydrogens (tertiary/aromatic N) is 1. The first-order valence-corrected chi connectivity index (χ1v) is 7.77. The molecular weight excluding hydrogens is 240 g/mol.